The van der Waals surface area contributed by atoms with Crippen LogP contribution in [0.1, 0.15) is 31.2 Å². The third-order valence-corrected chi connectivity index (χ3v) is 6.80. The highest BCUT2D eigenvalue weighted by atomic mass is 16.2. The van der Waals surface area contributed by atoms with Gasteiger partial charge >= 0.3 is 0 Å². The van der Waals surface area contributed by atoms with E-state index < -0.39 is 0 Å². The molecule has 0 radical (unpaired) electrons. The lowest BCUT2D eigenvalue weighted by Gasteiger charge is -2.34. The number of hydrogen-bond acceptors (Lipinski definition) is 7. The third-order valence-electron chi connectivity index (χ3n) is 6.80. The van der Waals surface area contributed by atoms with Crippen molar-refractivity contribution in [3.05, 3.63) is 23.8 Å². The van der Waals surface area contributed by atoms with Gasteiger partial charge < -0.3 is 25.3 Å². The monoisotopic (exact) mass is 428 g/mol. The highest BCUT2D eigenvalue weighted by molar-refractivity contribution is 6.02. The maximum atomic E-state index is 12.4. The zero-order valence-electron chi connectivity index (χ0n) is 18.7. The molecule has 4 rings (SSSR count). The number of fused-ring (bicyclic) bond motifs is 1. The van der Waals surface area contributed by atoms with Gasteiger partial charge in [-0.05, 0) is 56.9 Å². The van der Waals surface area contributed by atoms with Crippen molar-refractivity contribution in [2.24, 2.45) is 5.73 Å². The largest absolute Gasteiger partial charge is 0.355 e. The predicted octanol–water partition coefficient (Wildman–Crippen LogP) is 0.605. The molecule has 2 amide bonds. The third kappa shape index (κ3) is 5.02. The second kappa shape index (κ2) is 9.97. The molecule has 0 saturated carbocycles. The number of nitrogens with one attached hydrogen (secondary N) is 1. The number of para-hydroxylation sites is 1. The van der Waals surface area contributed by atoms with Crippen LogP contribution < -0.4 is 20.9 Å². The minimum Gasteiger partial charge on any atom is -0.355 e. The van der Waals surface area contributed by atoms with Crippen molar-refractivity contribution in [3.8, 4) is 0 Å². The Morgan fingerprint density at radius 3 is 2.45 bits per heavy atom. The first kappa shape index (κ1) is 22.0. The van der Waals surface area contributed by atoms with Crippen molar-refractivity contribution in [2.75, 3.05) is 69.3 Å². The highest BCUT2D eigenvalue weighted by Crippen LogP contribution is 2.40. The normalized spacial score (nSPS) is 22.7. The molecular formula is C23H36N6O2. The number of hydrogen-bond donors (Lipinski definition) is 2. The number of imide groups is 1. The number of piperazine rings is 1. The lowest BCUT2D eigenvalue weighted by Crippen LogP contribution is -2.53. The molecule has 3 aliphatic rings. The van der Waals surface area contributed by atoms with Gasteiger partial charge in [-0.25, -0.2) is 0 Å². The summed E-state index contributed by atoms with van der Waals surface area (Å²) in [6.07, 6.45) is 4.24. The van der Waals surface area contributed by atoms with Gasteiger partial charge in [-0.1, -0.05) is 12.1 Å². The van der Waals surface area contributed by atoms with Gasteiger partial charge in [-0.2, -0.15) is 0 Å². The Labute approximate surface area is 185 Å². The van der Waals surface area contributed by atoms with E-state index in [1.807, 2.05) is 0 Å². The van der Waals surface area contributed by atoms with Gasteiger partial charge in [0.2, 0.25) is 11.8 Å². The average molecular weight is 429 g/mol. The van der Waals surface area contributed by atoms with E-state index in [-0.39, 0.29) is 17.9 Å². The second-order valence-electron chi connectivity index (χ2n) is 8.99. The average Bonchev–Trinajstić information content (AvgIpc) is 3.10. The van der Waals surface area contributed by atoms with Crippen LogP contribution in [0, 0.1) is 0 Å². The maximum Gasteiger partial charge on any atom is 0.249 e. The fourth-order valence-corrected chi connectivity index (χ4v) is 5.12. The molecule has 170 valence electrons. The quantitative estimate of drug-likeness (QED) is 0.587. The molecule has 8 heteroatoms. The summed E-state index contributed by atoms with van der Waals surface area (Å²) in [6.45, 7) is 8.27. The van der Waals surface area contributed by atoms with Gasteiger partial charge in [0, 0.05) is 39.6 Å². The number of carbonyl (C=O) groups is 2. The van der Waals surface area contributed by atoms with Crippen LogP contribution in [0.25, 0.3) is 0 Å². The number of piperidine rings is 1. The molecular weight excluding hydrogens is 392 g/mol. The Bertz CT molecular complexity index is 792. The lowest BCUT2D eigenvalue weighted by atomic mass is 10.0. The Hall–Kier alpha value is -2.16. The minimum atomic E-state index is -0.271. The van der Waals surface area contributed by atoms with Gasteiger partial charge in [-0.15, -0.1) is 0 Å². The molecule has 0 spiro atoms. The summed E-state index contributed by atoms with van der Waals surface area (Å²) in [4.78, 5) is 33.4. The van der Waals surface area contributed by atoms with Gasteiger partial charge in [0.1, 0.15) is 6.04 Å². The van der Waals surface area contributed by atoms with E-state index in [9.17, 15) is 9.59 Å². The zero-order chi connectivity index (χ0) is 21.8. The Morgan fingerprint density at radius 2 is 1.77 bits per heavy atom. The fourth-order valence-electron chi connectivity index (χ4n) is 5.12. The van der Waals surface area contributed by atoms with Crippen LogP contribution in [0.2, 0.25) is 0 Å². The lowest BCUT2D eigenvalue weighted by molar-refractivity contribution is -0.134. The van der Waals surface area contributed by atoms with E-state index in [4.69, 9.17) is 5.73 Å². The Balaban J connectivity index is 1.33. The molecule has 3 N–H and O–H groups in total. The molecule has 1 unspecified atom stereocenters. The van der Waals surface area contributed by atoms with E-state index >= 15 is 0 Å². The molecule has 8 nitrogen and oxygen atoms in total. The van der Waals surface area contributed by atoms with Crippen molar-refractivity contribution in [1.82, 2.24) is 15.1 Å². The highest BCUT2D eigenvalue weighted by Gasteiger charge is 2.37. The summed E-state index contributed by atoms with van der Waals surface area (Å²) < 4.78 is 0. The van der Waals surface area contributed by atoms with Crippen molar-refractivity contribution in [1.29, 1.82) is 0 Å². The van der Waals surface area contributed by atoms with Crippen LogP contribution in [0.15, 0.2) is 18.2 Å². The molecule has 3 aliphatic heterocycles. The number of carbonyl (C=O) groups excluding carboxylic acids is 2. The van der Waals surface area contributed by atoms with Crippen molar-refractivity contribution in [2.45, 2.75) is 38.1 Å². The van der Waals surface area contributed by atoms with Gasteiger partial charge in [-0.3, -0.25) is 14.9 Å². The van der Waals surface area contributed by atoms with Crippen LogP contribution in [-0.2, 0) is 16.0 Å². The Kier molecular flexibility index (Phi) is 7.09. The molecule has 0 aromatic heterocycles. The molecule has 1 atom stereocenters. The summed E-state index contributed by atoms with van der Waals surface area (Å²) >= 11 is 0. The molecule has 0 aliphatic carbocycles. The summed E-state index contributed by atoms with van der Waals surface area (Å²) in [7, 11) is 2.09. The summed E-state index contributed by atoms with van der Waals surface area (Å²) in [5.41, 5.74) is 9.32. The van der Waals surface area contributed by atoms with E-state index in [0.717, 1.165) is 70.8 Å². The summed E-state index contributed by atoms with van der Waals surface area (Å²) in [6, 6.07) is 6.15. The second-order valence-corrected chi connectivity index (χ2v) is 8.99. The first-order chi connectivity index (χ1) is 15.1. The van der Waals surface area contributed by atoms with Crippen LogP contribution >= 0.6 is 0 Å². The number of nitrogens with zero attached hydrogens (tertiary/aromatic N) is 4. The van der Waals surface area contributed by atoms with E-state index in [1.54, 1.807) is 0 Å². The topological polar surface area (TPSA) is 85.2 Å². The van der Waals surface area contributed by atoms with Crippen LogP contribution in [0.5, 0.6) is 0 Å². The predicted molar refractivity (Wildman–Crippen MR) is 123 cm³/mol. The number of benzene rings is 1. The molecule has 2 fully saturated rings. The minimum absolute atomic E-state index is 0.164. The Morgan fingerprint density at radius 1 is 1.06 bits per heavy atom. The molecule has 1 aromatic rings. The number of rotatable bonds is 8. The standard InChI is InChI=1S/C23H36N6O2/c1-26-17-29(20-8-9-21(30)25-23(20)31)19-7-2-5-18(22(19)26)6-3-11-27-13-15-28(16-14-27)12-4-10-24/h2,5,7,20H,3-4,6,8-17,24H2,1H3,(H,25,30,31). The molecule has 31 heavy (non-hydrogen) atoms. The van der Waals surface area contributed by atoms with Gasteiger partial charge in [0.05, 0.1) is 18.0 Å². The van der Waals surface area contributed by atoms with Crippen LogP contribution in [-0.4, -0.2) is 87.2 Å². The molecule has 1 aromatic carbocycles. The fraction of sp³-hybridized carbons (Fsp3) is 0.652. The number of nitrogens with two attached hydrogens (primary N) is 1. The van der Waals surface area contributed by atoms with Gasteiger partial charge in [0.15, 0.2) is 0 Å². The number of aryl methyl sites for hydroxylation is 1. The molecule has 0 bridgehead atoms. The van der Waals surface area contributed by atoms with Gasteiger partial charge in [0.25, 0.3) is 0 Å². The number of amides is 2. The van der Waals surface area contributed by atoms with E-state index in [1.165, 1.54) is 11.3 Å². The smallest absolute Gasteiger partial charge is 0.249 e. The first-order valence-corrected chi connectivity index (χ1v) is 11.6. The van der Waals surface area contributed by atoms with Crippen molar-refractivity contribution in [3.63, 3.8) is 0 Å². The van der Waals surface area contributed by atoms with E-state index in [0.29, 0.717) is 19.5 Å². The van der Waals surface area contributed by atoms with Crippen LogP contribution in [0.4, 0.5) is 11.4 Å². The molecule has 2 saturated heterocycles. The van der Waals surface area contributed by atoms with Crippen molar-refractivity contribution < 1.29 is 9.59 Å². The number of anilines is 2. The first-order valence-electron chi connectivity index (χ1n) is 11.6. The zero-order valence-corrected chi connectivity index (χ0v) is 18.7. The summed E-state index contributed by atoms with van der Waals surface area (Å²) in [5, 5.41) is 2.50. The van der Waals surface area contributed by atoms with E-state index in [2.05, 4.69) is 50.2 Å². The SMILES string of the molecule is CN1CN(C2CCC(=O)NC2=O)c2cccc(CCCN3CCN(CCCN)CC3)c21. The van der Waals surface area contributed by atoms with Crippen molar-refractivity contribution >= 4 is 23.2 Å². The molecule has 3 heterocycles. The maximum absolute atomic E-state index is 12.4. The summed E-state index contributed by atoms with van der Waals surface area (Å²) in [5.74, 6) is -0.337. The van der Waals surface area contributed by atoms with Crippen LogP contribution in [0.3, 0.4) is 0 Å².